The van der Waals surface area contributed by atoms with Gasteiger partial charge in [0.25, 0.3) is 0 Å². The molecule has 0 fully saturated rings. The van der Waals surface area contributed by atoms with Gasteiger partial charge < -0.3 is 10.6 Å². The predicted octanol–water partition coefficient (Wildman–Crippen LogP) is 2.06. The van der Waals surface area contributed by atoms with Crippen LogP contribution in [-0.2, 0) is 19.5 Å². The summed E-state index contributed by atoms with van der Waals surface area (Å²) in [6, 6.07) is 1.13. The maximum absolute atomic E-state index is 12.3. The summed E-state index contributed by atoms with van der Waals surface area (Å²) in [5.41, 5.74) is 0.0390. The van der Waals surface area contributed by atoms with Crippen molar-refractivity contribution in [2.75, 3.05) is 26.7 Å². The largest absolute Gasteiger partial charge is 0.356 e. The number of rotatable bonds is 10. The summed E-state index contributed by atoms with van der Waals surface area (Å²) in [6.07, 6.45) is 5.04. The van der Waals surface area contributed by atoms with Crippen LogP contribution < -0.4 is 16.3 Å². The van der Waals surface area contributed by atoms with Crippen molar-refractivity contribution in [1.82, 2.24) is 29.9 Å². The first-order chi connectivity index (χ1) is 13.4. The highest BCUT2D eigenvalue weighted by Crippen LogP contribution is 2.09. The van der Waals surface area contributed by atoms with Crippen LogP contribution in [0.3, 0.4) is 0 Å². The Kier molecular flexibility index (Phi) is 11.9. The van der Waals surface area contributed by atoms with E-state index in [1.807, 2.05) is 4.57 Å². The molecule has 0 saturated carbocycles. The molecule has 168 valence electrons. The van der Waals surface area contributed by atoms with Crippen molar-refractivity contribution in [3.8, 4) is 0 Å². The van der Waals surface area contributed by atoms with Crippen molar-refractivity contribution in [3.63, 3.8) is 0 Å². The Bertz CT molecular complexity index is 673. The highest BCUT2D eigenvalue weighted by molar-refractivity contribution is 14.0. The minimum absolute atomic E-state index is 0. The fourth-order valence-electron chi connectivity index (χ4n) is 3.83. The van der Waals surface area contributed by atoms with Gasteiger partial charge in [-0.15, -0.1) is 24.0 Å². The molecule has 1 aromatic rings. The molecule has 8 nitrogen and oxygen atoms in total. The summed E-state index contributed by atoms with van der Waals surface area (Å²) in [7, 11) is 1.79. The molecule has 1 aromatic heterocycles. The first-order valence-corrected chi connectivity index (χ1v) is 10.8. The summed E-state index contributed by atoms with van der Waals surface area (Å²) < 4.78 is 3.44. The van der Waals surface area contributed by atoms with Crippen LogP contribution >= 0.6 is 24.0 Å². The molecular formula is C20H40IN7O. The zero-order chi connectivity index (χ0) is 20.5. The lowest BCUT2D eigenvalue weighted by Crippen LogP contribution is -2.41. The molecule has 9 heteroatoms. The molecule has 0 aliphatic carbocycles. The van der Waals surface area contributed by atoms with E-state index in [0.717, 1.165) is 70.1 Å². The van der Waals surface area contributed by atoms with Gasteiger partial charge in [0.05, 0.1) is 0 Å². The molecule has 0 bridgehead atoms. The Balaban J connectivity index is 0.00000420. The van der Waals surface area contributed by atoms with E-state index in [0.29, 0.717) is 18.6 Å². The smallest absolute Gasteiger partial charge is 0.345 e. The number of hydrogen-bond acceptors (Lipinski definition) is 4. The van der Waals surface area contributed by atoms with Gasteiger partial charge in [-0.05, 0) is 53.4 Å². The maximum atomic E-state index is 12.3. The average molecular weight is 521 g/mol. The monoisotopic (exact) mass is 521 g/mol. The SMILES string of the molecule is CN=C(NCCCN(C(C)C)C(C)C)NCCCn1nc2n(c1=O)CCCC2.I. The Labute approximate surface area is 192 Å². The van der Waals surface area contributed by atoms with Crippen LogP contribution in [0.4, 0.5) is 0 Å². The van der Waals surface area contributed by atoms with Crippen LogP contribution in [0.1, 0.15) is 59.2 Å². The van der Waals surface area contributed by atoms with Gasteiger partial charge in [0.15, 0.2) is 5.96 Å². The van der Waals surface area contributed by atoms with Gasteiger partial charge >= 0.3 is 5.69 Å². The third kappa shape index (κ3) is 7.92. The lowest BCUT2D eigenvalue weighted by Gasteiger charge is -2.30. The van der Waals surface area contributed by atoms with Gasteiger partial charge in [0.2, 0.25) is 0 Å². The topological polar surface area (TPSA) is 79.5 Å². The molecule has 0 saturated heterocycles. The van der Waals surface area contributed by atoms with E-state index in [1.54, 1.807) is 11.7 Å². The van der Waals surface area contributed by atoms with E-state index in [4.69, 9.17) is 0 Å². The molecule has 0 unspecified atom stereocenters. The van der Waals surface area contributed by atoms with E-state index >= 15 is 0 Å². The molecule has 0 amide bonds. The number of hydrogen-bond donors (Lipinski definition) is 2. The van der Waals surface area contributed by atoms with Gasteiger partial charge in [-0.25, -0.2) is 9.48 Å². The minimum atomic E-state index is 0. The Morgan fingerprint density at radius 1 is 1.14 bits per heavy atom. The second-order valence-corrected chi connectivity index (χ2v) is 8.09. The molecule has 1 aliphatic heterocycles. The third-order valence-corrected chi connectivity index (χ3v) is 5.31. The zero-order valence-electron chi connectivity index (χ0n) is 18.8. The molecule has 0 aromatic carbocycles. The first kappa shape index (κ1) is 25.9. The van der Waals surface area contributed by atoms with Crippen LogP contribution in [0.5, 0.6) is 0 Å². The van der Waals surface area contributed by atoms with Gasteiger partial charge in [-0.1, -0.05) is 0 Å². The third-order valence-electron chi connectivity index (χ3n) is 5.31. The summed E-state index contributed by atoms with van der Waals surface area (Å²) in [6.45, 7) is 13.2. The molecule has 2 heterocycles. The normalized spacial score (nSPS) is 14.3. The van der Waals surface area contributed by atoms with Crippen LogP contribution in [-0.4, -0.2) is 64.0 Å². The molecule has 0 radical (unpaired) electrons. The minimum Gasteiger partial charge on any atom is -0.356 e. The van der Waals surface area contributed by atoms with Crippen molar-refractivity contribution in [2.45, 2.75) is 85.0 Å². The highest BCUT2D eigenvalue weighted by Gasteiger charge is 2.16. The van der Waals surface area contributed by atoms with Crippen molar-refractivity contribution in [1.29, 1.82) is 0 Å². The Hall–Kier alpha value is -1.10. The highest BCUT2D eigenvalue weighted by atomic mass is 127. The number of guanidine groups is 1. The van der Waals surface area contributed by atoms with Crippen molar-refractivity contribution >= 4 is 29.9 Å². The molecule has 2 N–H and O–H groups in total. The summed E-state index contributed by atoms with van der Waals surface area (Å²) >= 11 is 0. The van der Waals surface area contributed by atoms with Crippen molar-refractivity contribution < 1.29 is 0 Å². The van der Waals surface area contributed by atoms with Crippen LogP contribution in [0, 0.1) is 0 Å². The van der Waals surface area contributed by atoms with E-state index in [1.165, 1.54) is 0 Å². The quantitative estimate of drug-likeness (QED) is 0.213. The van der Waals surface area contributed by atoms with E-state index in [9.17, 15) is 4.79 Å². The van der Waals surface area contributed by atoms with Crippen molar-refractivity contribution in [2.24, 2.45) is 4.99 Å². The first-order valence-electron chi connectivity index (χ1n) is 10.8. The second-order valence-electron chi connectivity index (χ2n) is 8.09. The summed E-state index contributed by atoms with van der Waals surface area (Å²) in [5, 5.41) is 11.2. The number of aromatic nitrogens is 3. The van der Waals surface area contributed by atoms with E-state index in [-0.39, 0.29) is 29.7 Å². The molecule has 0 atom stereocenters. The van der Waals surface area contributed by atoms with E-state index in [2.05, 4.69) is 53.3 Å². The van der Waals surface area contributed by atoms with Gasteiger partial charge in [-0.3, -0.25) is 14.5 Å². The lowest BCUT2D eigenvalue weighted by molar-refractivity contribution is 0.173. The number of aryl methyl sites for hydroxylation is 2. The maximum Gasteiger partial charge on any atom is 0.345 e. The average Bonchev–Trinajstić information content (AvgIpc) is 2.98. The second kappa shape index (κ2) is 13.3. The summed E-state index contributed by atoms with van der Waals surface area (Å²) in [4.78, 5) is 19.1. The lowest BCUT2D eigenvalue weighted by atomic mass is 10.2. The van der Waals surface area contributed by atoms with Gasteiger partial charge in [0, 0.05) is 58.3 Å². The molecule has 1 aliphatic rings. The van der Waals surface area contributed by atoms with Gasteiger partial charge in [-0.2, -0.15) is 5.10 Å². The Morgan fingerprint density at radius 3 is 2.38 bits per heavy atom. The van der Waals surface area contributed by atoms with E-state index < -0.39 is 0 Å². The summed E-state index contributed by atoms with van der Waals surface area (Å²) in [5.74, 6) is 1.76. The van der Waals surface area contributed by atoms with Crippen LogP contribution in [0.25, 0.3) is 0 Å². The standard InChI is InChI=1S/C20H39N7O.HI/c1-16(2)25(17(3)4)14-8-11-22-19(21-5)23-12-9-15-27-20(28)26-13-7-6-10-18(26)24-27;/h16-17H,6-15H2,1-5H3,(H2,21,22,23);1H. The number of nitrogens with zero attached hydrogens (tertiary/aromatic N) is 5. The van der Waals surface area contributed by atoms with Crippen LogP contribution in [0.2, 0.25) is 0 Å². The van der Waals surface area contributed by atoms with Crippen LogP contribution in [0.15, 0.2) is 9.79 Å². The number of fused-ring (bicyclic) bond motifs is 1. The molecular weight excluding hydrogens is 481 g/mol. The molecule has 29 heavy (non-hydrogen) atoms. The molecule has 0 spiro atoms. The Morgan fingerprint density at radius 2 is 1.79 bits per heavy atom. The molecule has 2 rings (SSSR count). The predicted molar refractivity (Wildman–Crippen MR) is 130 cm³/mol. The zero-order valence-corrected chi connectivity index (χ0v) is 21.1. The van der Waals surface area contributed by atoms with Crippen molar-refractivity contribution in [3.05, 3.63) is 16.3 Å². The number of nitrogens with one attached hydrogen (secondary N) is 2. The fourth-order valence-corrected chi connectivity index (χ4v) is 3.83. The fraction of sp³-hybridized carbons (Fsp3) is 0.850. The van der Waals surface area contributed by atoms with Gasteiger partial charge in [0.1, 0.15) is 5.82 Å². The number of halogens is 1. The number of aliphatic imine (C=N–C) groups is 1.